The third kappa shape index (κ3) is 6.73. The number of aromatic nitrogens is 4. The predicted octanol–water partition coefficient (Wildman–Crippen LogP) is 7.76. The summed E-state index contributed by atoms with van der Waals surface area (Å²) in [5, 5.41) is 0. The average molecular weight is 645 g/mol. The van der Waals surface area contributed by atoms with Crippen LogP contribution in [0.1, 0.15) is 46.1 Å². The Morgan fingerprint density at radius 3 is 2.27 bits per heavy atom. The minimum Gasteiger partial charge on any atom is -0.491 e. The lowest BCUT2D eigenvalue weighted by molar-refractivity contribution is -0.117. The fraction of sp³-hybridized carbons (Fsp3) is 0.282. The molecule has 1 aliphatic heterocycles. The SMILES string of the molecule is C=C1C(=O)C(OC)=C1N1CCC(OCc2ccc(-n3c(-c4cccnc4N)nc4ccc(-c5ccccc5)nc43)cc2)CC1.CC.CC. The number of carbonyl (C=O) groups is 1. The van der Waals surface area contributed by atoms with Gasteiger partial charge in [-0.05, 0) is 54.8 Å². The number of ketones is 1. The average Bonchev–Trinajstić information content (AvgIpc) is 3.54. The maximum Gasteiger partial charge on any atom is 0.231 e. The van der Waals surface area contributed by atoms with E-state index < -0.39 is 0 Å². The molecule has 9 nitrogen and oxygen atoms in total. The van der Waals surface area contributed by atoms with Crippen LogP contribution in [0.5, 0.6) is 0 Å². The Balaban J connectivity index is 0.00000109. The summed E-state index contributed by atoms with van der Waals surface area (Å²) >= 11 is 0. The molecule has 1 aliphatic carbocycles. The number of piperidine rings is 1. The number of allylic oxidation sites excluding steroid dienone is 2. The highest BCUT2D eigenvalue weighted by Gasteiger charge is 2.38. The summed E-state index contributed by atoms with van der Waals surface area (Å²) in [5.74, 6) is 1.41. The van der Waals surface area contributed by atoms with Crippen molar-refractivity contribution >= 4 is 22.8 Å². The molecule has 5 aromatic rings. The van der Waals surface area contributed by atoms with Crippen molar-refractivity contribution in [3.05, 3.63) is 114 Å². The number of likely N-dealkylation sites (tertiary alicyclic amines) is 1. The maximum atomic E-state index is 12.0. The number of imidazole rings is 1. The van der Waals surface area contributed by atoms with Gasteiger partial charge in [0.2, 0.25) is 5.78 Å². The number of Topliss-reactive ketones (excluding diaryl/α,β-unsaturated/α-hetero) is 1. The molecule has 9 heteroatoms. The second kappa shape index (κ2) is 15.5. The minimum atomic E-state index is -0.101. The van der Waals surface area contributed by atoms with Crippen molar-refractivity contribution < 1.29 is 14.3 Å². The molecule has 3 aromatic heterocycles. The number of benzene rings is 2. The Morgan fingerprint density at radius 1 is 0.896 bits per heavy atom. The summed E-state index contributed by atoms with van der Waals surface area (Å²) < 4.78 is 13.6. The molecular formula is C39H44N6O3. The van der Waals surface area contributed by atoms with E-state index in [1.54, 1.807) is 6.20 Å². The summed E-state index contributed by atoms with van der Waals surface area (Å²) in [6, 6.07) is 26.2. The first kappa shape index (κ1) is 34.1. The van der Waals surface area contributed by atoms with Crippen molar-refractivity contribution in [2.24, 2.45) is 0 Å². The first-order valence-electron chi connectivity index (χ1n) is 16.7. The van der Waals surface area contributed by atoms with Gasteiger partial charge >= 0.3 is 0 Å². The van der Waals surface area contributed by atoms with Crippen LogP contribution in [0, 0.1) is 0 Å². The number of carbonyl (C=O) groups excluding carboxylic acids is 1. The van der Waals surface area contributed by atoms with Crippen LogP contribution in [0.25, 0.3) is 39.5 Å². The van der Waals surface area contributed by atoms with Crippen molar-refractivity contribution in [2.75, 3.05) is 25.9 Å². The molecule has 2 aromatic carbocycles. The number of methoxy groups -OCH3 is 1. The Hall–Kier alpha value is -5.28. The van der Waals surface area contributed by atoms with E-state index in [1.165, 1.54) is 7.11 Å². The lowest BCUT2D eigenvalue weighted by atomic mass is 9.92. The van der Waals surface area contributed by atoms with Crippen molar-refractivity contribution in [3.8, 4) is 28.3 Å². The van der Waals surface area contributed by atoms with Crippen LogP contribution in [0.4, 0.5) is 5.82 Å². The van der Waals surface area contributed by atoms with Gasteiger partial charge in [0.15, 0.2) is 17.2 Å². The largest absolute Gasteiger partial charge is 0.491 e. The van der Waals surface area contributed by atoms with E-state index in [4.69, 9.17) is 25.2 Å². The molecule has 7 rings (SSSR count). The Kier molecular flexibility index (Phi) is 11.0. The van der Waals surface area contributed by atoms with Crippen molar-refractivity contribution in [3.63, 3.8) is 0 Å². The van der Waals surface area contributed by atoms with Crippen LogP contribution in [-0.4, -0.2) is 56.5 Å². The van der Waals surface area contributed by atoms with Gasteiger partial charge < -0.3 is 20.1 Å². The van der Waals surface area contributed by atoms with Gasteiger partial charge in [-0.1, -0.05) is 76.7 Å². The molecule has 0 unspecified atom stereocenters. The lowest BCUT2D eigenvalue weighted by Gasteiger charge is -2.39. The molecule has 0 amide bonds. The molecule has 248 valence electrons. The normalized spacial score (nSPS) is 14.6. The Labute approximate surface area is 282 Å². The van der Waals surface area contributed by atoms with E-state index in [-0.39, 0.29) is 11.9 Å². The fourth-order valence-electron chi connectivity index (χ4n) is 5.91. The second-order valence-corrected chi connectivity index (χ2v) is 11.0. The first-order chi connectivity index (χ1) is 23.5. The third-order valence-electron chi connectivity index (χ3n) is 8.28. The zero-order valence-electron chi connectivity index (χ0n) is 28.4. The van der Waals surface area contributed by atoms with Gasteiger partial charge in [0.25, 0.3) is 0 Å². The quantitative estimate of drug-likeness (QED) is 0.171. The number of nitrogen functional groups attached to an aromatic ring is 1. The lowest BCUT2D eigenvalue weighted by Crippen LogP contribution is -2.42. The summed E-state index contributed by atoms with van der Waals surface area (Å²) in [4.78, 5) is 28.4. The molecule has 2 N–H and O–H groups in total. The van der Waals surface area contributed by atoms with Gasteiger partial charge in [0.05, 0.1) is 36.8 Å². The molecule has 0 atom stereocenters. The van der Waals surface area contributed by atoms with E-state index >= 15 is 0 Å². The standard InChI is InChI=1S/C35H32N6O3.2C2H6/c1-22-30(32(43-2)31(22)42)40-19-16-26(17-20-40)44-21-23-10-12-25(13-11-23)41-34(27-9-6-18-37-33(27)36)39-29-15-14-28(38-35(29)41)24-7-4-3-5-8-24;2*1-2/h3-15,18,26H,1,16-17,19-21H2,2H3,(H2,36,37);2*1-2H3. The van der Waals surface area contributed by atoms with Gasteiger partial charge in [-0.25, -0.2) is 15.0 Å². The maximum absolute atomic E-state index is 12.0. The molecule has 1 saturated heterocycles. The highest BCUT2D eigenvalue weighted by Crippen LogP contribution is 2.35. The highest BCUT2D eigenvalue weighted by atomic mass is 16.5. The highest BCUT2D eigenvalue weighted by molar-refractivity contribution is 6.17. The number of hydrogen-bond acceptors (Lipinski definition) is 8. The molecule has 0 saturated carbocycles. The first-order valence-corrected chi connectivity index (χ1v) is 16.7. The van der Waals surface area contributed by atoms with Crippen LogP contribution in [0.3, 0.4) is 0 Å². The van der Waals surface area contributed by atoms with Gasteiger partial charge in [0, 0.05) is 36.1 Å². The third-order valence-corrected chi connectivity index (χ3v) is 8.28. The van der Waals surface area contributed by atoms with E-state index in [1.807, 2.05) is 86.9 Å². The Morgan fingerprint density at radius 2 is 1.60 bits per heavy atom. The van der Waals surface area contributed by atoms with Crippen molar-refractivity contribution in [1.29, 1.82) is 0 Å². The molecule has 2 aliphatic rings. The number of hydrogen-bond donors (Lipinski definition) is 1. The molecule has 0 bridgehead atoms. The number of rotatable bonds is 8. The van der Waals surface area contributed by atoms with E-state index in [0.29, 0.717) is 29.6 Å². The van der Waals surface area contributed by atoms with Crippen LogP contribution in [-0.2, 0) is 20.9 Å². The summed E-state index contributed by atoms with van der Waals surface area (Å²) in [6.07, 6.45) is 3.55. The summed E-state index contributed by atoms with van der Waals surface area (Å²) in [5.41, 5.74) is 13.8. The Bertz CT molecular complexity index is 1910. The molecular weight excluding hydrogens is 600 g/mol. The van der Waals surface area contributed by atoms with E-state index in [9.17, 15) is 4.79 Å². The fourth-order valence-corrected chi connectivity index (χ4v) is 5.91. The zero-order chi connectivity index (χ0) is 34.2. The van der Waals surface area contributed by atoms with Crippen LogP contribution in [0.2, 0.25) is 0 Å². The topological polar surface area (TPSA) is 108 Å². The van der Waals surface area contributed by atoms with Gasteiger partial charge in [-0.3, -0.25) is 9.36 Å². The van der Waals surface area contributed by atoms with E-state index in [0.717, 1.165) is 70.9 Å². The molecule has 4 heterocycles. The summed E-state index contributed by atoms with van der Waals surface area (Å²) in [7, 11) is 1.53. The predicted molar refractivity (Wildman–Crippen MR) is 192 cm³/mol. The molecule has 0 spiro atoms. The van der Waals surface area contributed by atoms with Crippen LogP contribution in [0.15, 0.2) is 109 Å². The minimum absolute atomic E-state index is 0.101. The van der Waals surface area contributed by atoms with E-state index in [2.05, 4.69) is 40.7 Å². The second-order valence-electron chi connectivity index (χ2n) is 11.0. The monoisotopic (exact) mass is 644 g/mol. The number of pyridine rings is 2. The number of fused-ring (bicyclic) bond motifs is 1. The smallest absolute Gasteiger partial charge is 0.231 e. The number of anilines is 1. The zero-order valence-corrected chi connectivity index (χ0v) is 28.4. The molecule has 1 fully saturated rings. The molecule has 0 radical (unpaired) electrons. The van der Waals surface area contributed by atoms with Gasteiger partial charge in [-0.2, -0.15) is 0 Å². The van der Waals surface area contributed by atoms with Gasteiger partial charge in [-0.15, -0.1) is 0 Å². The number of ether oxygens (including phenoxy) is 2. The van der Waals surface area contributed by atoms with Gasteiger partial charge in [0.1, 0.15) is 11.3 Å². The number of nitrogens with zero attached hydrogens (tertiary/aromatic N) is 5. The molecule has 48 heavy (non-hydrogen) atoms. The summed E-state index contributed by atoms with van der Waals surface area (Å²) in [6.45, 7) is 14.0. The van der Waals surface area contributed by atoms with Crippen molar-refractivity contribution in [1.82, 2.24) is 24.4 Å². The number of nitrogens with two attached hydrogens (primary N) is 1. The van der Waals surface area contributed by atoms with Crippen molar-refractivity contribution in [2.45, 2.75) is 53.2 Å². The van der Waals surface area contributed by atoms with Crippen LogP contribution >= 0.6 is 0 Å². The van der Waals surface area contributed by atoms with Crippen LogP contribution < -0.4 is 5.73 Å².